The normalized spacial score (nSPS) is 11.7. The second-order valence-corrected chi connectivity index (χ2v) is 3.20. The van der Waals surface area contributed by atoms with Crippen molar-refractivity contribution in [3.63, 3.8) is 0 Å². The van der Waals surface area contributed by atoms with Crippen LogP contribution in [0.4, 0.5) is 0 Å². The summed E-state index contributed by atoms with van der Waals surface area (Å²) in [4.78, 5) is 0. The lowest BCUT2D eigenvalue weighted by molar-refractivity contribution is 0.604. The van der Waals surface area contributed by atoms with Gasteiger partial charge in [-0.3, -0.25) is 0 Å². The fourth-order valence-corrected chi connectivity index (χ4v) is 0.660. The van der Waals surface area contributed by atoms with Gasteiger partial charge in [0.2, 0.25) is 0 Å². The Kier molecular flexibility index (Phi) is 2.29. The van der Waals surface area contributed by atoms with Crippen molar-refractivity contribution < 1.29 is 8.42 Å². The summed E-state index contributed by atoms with van der Waals surface area (Å²) in [5.74, 6) is 0.0903. The summed E-state index contributed by atoms with van der Waals surface area (Å²) in [7, 11) is -2.99. The topological polar surface area (TPSA) is 34.1 Å². The molecule has 42 valence electrons. The van der Waals surface area contributed by atoms with Crippen LogP contribution in [0.3, 0.4) is 0 Å². The third-order valence-electron chi connectivity index (χ3n) is 0.455. The maximum Gasteiger partial charge on any atom is 0.151 e. The van der Waals surface area contributed by atoms with Gasteiger partial charge in [-0.2, -0.15) is 0 Å². The summed E-state index contributed by atoms with van der Waals surface area (Å²) in [5, 5.41) is 0. The highest BCUT2D eigenvalue weighted by molar-refractivity contribution is 7.92. The quantitative estimate of drug-likeness (QED) is 0.529. The zero-order valence-corrected chi connectivity index (χ0v) is 4.87. The van der Waals surface area contributed by atoms with Crippen molar-refractivity contribution in [3.8, 4) is 0 Å². The largest absolute Gasteiger partial charge is 0.229 e. The zero-order chi connectivity index (χ0) is 5.91. The van der Waals surface area contributed by atoms with Crippen molar-refractivity contribution in [2.45, 2.75) is 6.42 Å². The fourth-order valence-electron chi connectivity index (χ4n) is 0.220. The van der Waals surface area contributed by atoms with Crippen molar-refractivity contribution >= 4 is 9.84 Å². The highest BCUT2D eigenvalue weighted by Crippen LogP contribution is 1.86. The van der Waals surface area contributed by atoms with E-state index in [2.05, 4.69) is 13.2 Å². The van der Waals surface area contributed by atoms with Gasteiger partial charge in [-0.05, 0) is 6.42 Å². The molecule has 0 aliphatic carbocycles. The minimum Gasteiger partial charge on any atom is -0.229 e. The molecule has 0 aromatic carbocycles. The molecule has 0 aliphatic heterocycles. The van der Waals surface area contributed by atoms with Gasteiger partial charge in [-0.1, -0.05) is 6.92 Å². The van der Waals surface area contributed by atoms with Crippen molar-refractivity contribution in [2.24, 2.45) is 0 Å². The average Bonchev–Trinajstić information content (AvgIpc) is 1.30. The molecule has 0 N–H and O–H groups in total. The monoisotopic (exact) mass is 120 g/mol. The minimum atomic E-state index is -2.99. The van der Waals surface area contributed by atoms with E-state index in [-0.39, 0.29) is 5.75 Å². The SMILES string of the molecule is [CH2]CCS([CH2])(=O)=O. The van der Waals surface area contributed by atoms with Crippen molar-refractivity contribution in [1.29, 1.82) is 0 Å². The summed E-state index contributed by atoms with van der Waals surface area (Å²) >= 11 is 0. The molecule has 0 amide bonds. The van der Waals surface area contributed by atoms with Crippen LogP contribution in [-0.4, -0.2) is 14.2 Å². The fraction of sp³-hybridized carbons (Fsp3) is 0.500. The molecule has 0 bridgehead atoms. The maximum atomic E-state index is 10.1. The Morgan fingerprint density at radius 1 is 1.43 bits per heavy atom. The lowest BCUT2D eigenvalue weighted by Gasteiger charge is -1.86. The van der Waals surface area contributed by atoms with Crippen molar-refractivity contribution in [3.05, 3.63) is 13.2 Å². The van der Waals surface area contributed by atoms with E-state index in [0.717, 1.165) is 0 Å². The number of sulfone groups is 1. The van der Waals surface area contributed by atoms with Gasteiger partial charge in [-0.25, -0.2) is 8.42 Å². The van der Waals surface area contributed by atoms with E-state index < -0.39 is 9.84 Å². The smallest absolute Gasteiger partial charge is 0.151 e. The Morgan fingerprint density at radius 3 is 1.86 bits per heavy atom. The van der Waals surface area contributed by atoms with E-state index in [9.17, 15) is 8.42 Å². The molecule has 0 heterocycles. The van der Waals surface area contributed by atoms with Gasteiger partial charge in [0.15, 0.2) is 9.84 Å². The molecular formula is C4H8O2S. The molecular weight excluding hydrogens is 112 g/mol. The van der Waals surface area contributed by atoms with Crippen LogP contribution >= 0.6 is 0 Å². The first-order valence-corrected chi connectivity index (χ1v) is 3.73. The van der Waals surface area contributed by atoms with Gasteiger partial charge in [0.25, 0.3) is 0 Å². The molecule has 0 unspecified atom stereocenters. The van der Waals surface area contributed by atoms with Gasteiger partial charge in [-0.15, -0.1) is 0 Å². The summed E-state index contributed by atoms with van der Waals surface area (Å²) in [5.41, 5.74) is 0. The van der Waals surface area contributed by atoms with E-state index in [0.29, 0.717) is 6.42 Å². The molecule has 7 heavy (non-hydrogen) atoms. The molecule has 2 nitrogen and oxygen atoms in total. The predicted molar refractivity (Wildman–Crippen MR) is 29.1 cm³/mol. The molecule has 0 aromatic heterocycles. The van der Waals surface area contributed by atoms with Gasteiger partial charge in [0.05, 0.1) is 12.0 Å². The summed E-state index contributed by atoms with van der Waals surface area (Å²) in [6.45, 7) is 3.35. The van der Waals surface area contributed by atoms with Crippen LogP contribution in [0, 0.1) is 13.2 Å². The first-order chi connectivity index (χ1) is 3.06. The molecule has 0 atom stereocenters. The lowest BCUT2D eigenvalue weighted by atomic mass is 10.6. The summed E-state index contributed by atoms with van der Waals surface area (Å²) in [6.07, 6.45) is 3.30. The standard InChI is InChI=1S/C4H8O2S/c1-3-4-7(2,5)6/h1-4H2. The van der Waals surface area contributed by atoms with Crippen LogP contribution in [0.5, 0.6) is 0 Å². The van der Waals surface area contributed by atoms with Gasteiger partial charge in [0, 0.05) is 0 Å². The Labute approximate surface area is 44.5 Å². The van der Waals surface area contributed by atoms with Crippen LogP contribution in [-0.2, 0) is 9.84 Å². The molecule has 0 rings (SSSR count). The molecule has 0 spiro atoms. The first kappa shape index (κ1) is 6.95. The molecule has 0 saturated heterocycles. The van der Waals surface area contributed by atoms with E-state index >= 15 is 0 Å². The van der Waals surface area contributed by atoms with E-state index in [1.165, 1.54) is 0 Å². The lowest BCUT2D eigenvalue weighted by Crippen LogP contribution is -1.97. The van der Waals surface area contributed by atoms with Gasteiger partial charge in [0.1, 0.15) is 0 Å². The van der Waals surface area contributed by atoms with Crippen LogP contribution < -0.4 is 0 Å². The first-order valence-electron chi connectivity index (χ1n) is 1.91. The molecule has 2 radical (unpaired) electrons. The second-order valence-electron chi connectivity index (χ2n) is 1.30. The zero-order valence-electron chi connectivity index (χ0n) is 4.05. The van der Waals surface area contributed by atoms with Gasteiger partial charge < -0.3 is 0 Å². The third-order valence-corrected chi connectivity index (χ3v) is 1.37. The van der Waals surface area contributed by atoms with E-state index in [1.54, 1.807) is 0 Å². The van der Waals surface area contributed by atoms with Crippen molar-refractivity contribution in [1.82, 2.24) is 0 Å². The molecule has 0 fully saturated rings. The van der Waals surface area contributed by atoms with Crippen LogP contribution in [0.2, 0.25) is 0 Å². The minimum absolute atomic E-state index is 0.0903. The molecule has 3 heteroatoms. The van der Waals surface area contributed by atoms with Crippen molar-refractivity contribution in [2.75, 3.05) is 5.75 Å². The molecule has 0 aliphatic rings. The summed E-state index contributed by atoms with van der Waals surface area (Å²) in [6, 6.07) is 0. The Bertz CT molecular complexity index is 123. The highest BCUT2D eigenvalue weighted by Gasteiger charge is 1.95. The highest BCUT2D eigenvalue weighted by atomic mass is 32.2. The van der Waals surface area contributed by atoms with E-state index in [4.69, 9.17) is 0 Å². The molecule has 0 aromatic rings. The maximum absolute atomic E-state index is 10.1. The van der Waals surface area contributed by atoms with Gasteiger partial charge >= 0.3 is 0 Å². The second kappa shape index (κ2) is 2.31. The number of hydrogen-bond donors (Lipinski definition) is 0. The predicted octanol–water partition coefficient (Wildman–Crippen LogP) is 0.417. The third kappa shape index (κ3) is 5.95. The summed E-state index contributed by atoms with van der Waals surface area (Å²) < 4.78 is 20.2. The molecule has 0 saturated carbocycles. The van der Waals surface area contributed by atoms with E-state index in [1.807, 2.05) is 0 Å². The average molecular weight is 120 g/mol. The Balaban J connectivity index is 3.60. The Hall–Kier alpha value is -0.0500. The van der Waals surface area contributed by atoms with Crippen LogP contribution in [0.1, 0.15) is 6.42 Å². The number of hydrogen-bond acceptors (Lipinski definition) is 2. The van der Waals surface area contributed by atoms with Crippen LogP contribution in [0.25, 0.3) is 0 Å². The Morgan fingerprint density at radius 2 is 1.86 bits per heavy atom. The number of rotatable bonds is 2. The van der Waals surface area contributed by atoms with Crippen LogP contribution in [0.15, 0.2) is 0 Å².